The van der Waals surface area contributed by atoms with Crippen LogP contribution < -0.4 is 16.2 Å². The van der Waals surface area contributed by atoms with Crippen LogP contribution in [0.4, 0.5) is 13.2 Å². The number of unbranched alkanes of at least 4 members (excludes halogenated alkanes) is 4. The Hall–Kier alpha value is -2.40. The van der Waals surface area contributed by atoms with Gasteiger partial charge in [0, 0.05) is 16.9 Å². The molecule has 2 heterocycles. The van der Waals surface area contributed by atoms with Gasteiger partial charge in [0.1, 0.15) is 6.04 Å². The number of carbonyl (C=O) groups excluding carboxylic acids is 2. The van der Waals surface area contributed by atoms with Crippen molar-refractivity contribution in [1.82, 2.24) is 20.2 Å². The number of piperidine rings is 1. The van der Waals surface area contributed by atoms with Crippen molar-refractivity contribution in [1.29, 1.82) is 0 Å². The van der Waals surface area contributed by atoms with E-state index in [-0.39, 0.29) is 23.7 Å². The van der Waals surface area contributed by atoms with Crippen molar-refractivity contribution in [2.75, 3.05) is 12.3 Å². The van der Waals surface area contributed by atoms with E-state index in [4.69, 9.17) is 0 Å². The number of nitrogens with one attached hydrogen (secondary N) is 2. The van der Waals surface area contributed by atoms with E-state index in [1.54, 1.807) is 12.1 Å². The fourth-order valence-corrected chi connectivity index (χ4v) is 10.8. The zero-order valence-corrected chi connectivity index (χ0v) is 26.5. The van der Waals surface area contributed by atoms with Crippen LogP contribution in [0.5, 0.6) is 0 Å². The summed E-state index contributed by atoms with van der Waals surface area (Å²) in [6.07, 6.45) is 8.29. The second-order valence-corrected chi connectivity index (χ2v) is 15.8. The number of amides is 2. The number of benzene rings is 1. The lowest BCUT2D eigenvalue weighted by Crippen LogP contribution is -2.64. The number of aromatic nitrogens is 2. The first-order valence-electron chi connectivity index (χ1n) is 16.1. The van der Waals surface area contributed by atoms with E-state index in [0.29, 0.717) is 25.8 Å². The van der Waals surface area contributed by atoms with Crippen molar-refractivity contribution in [3.05, 3.63) is 34.4 Å². The number of rotatable bonds is 11. The molecule has 4 bridgehead atoms. The average Bonchev–Trinajstić information content (AvgIpc) is 2.90. The van der Waals surface area contributed by atoms with Crippen LogP contribution >= 0.6 is 11.8 Å². The van der Waals surface area contributed by atoms with Crippen LogP contribution in [0.2, 0.25) is 0 Å². The minimum absolute atomic E-state index is 0.0506. The fourth-order valence-electron chi connectivity index (χ4n) is 9.69. The van der Waals surface area contributed by atoms with Crippen LogP contribution in [0.25, 0.3) is 10.9 Å². The zero-order valence-electron chi connectivity index (χ0n) is 25.7. The zero-order chi connectivity index (χ0) is 31.3. The van der Waals surface area contributed by atoms with Gasteiger partial charge in [-0.05, 0) is 99.0 Å². The number of halogens is 3. The Morgan fingerprint density at radius 2 is 1.70 bits per heavy atom. The molecule has 1 aromatic heterocycles. The Balaban J connectivity index is 1.02. The molecule has 4 aliphatic carbocycles. The molecule has 5 aliphatic rings. The number of fused-ring (bicyclic) bond motifs is 1. The highest BCUT2D eigenvalue weighted by Crippen LogP contribution is 2.66. The number of imide groups is 1. The Bertz CT molecular complexity index is 1490. The smallest absolute Gasteiger partial charge is 0.311 e. The van der Waals surface area contributed by atoms with Crippen LogP contribution in [0.15, 0.2) is 27.9 Å². The van der Waals surface area contributed by atoms with Crippen molar-refractivity contribution in [2.24, 2.45) is 16.7 Å². The second-order valence-electron chi connectivity index (χ2n) is 14.7. The molecule has 0 spiro atoms. The fraction of sp³-hybridized carbons (Fsp3) is 0.697. The minimum atomic E-state index is -4.95. The van der Waals surface area contributed by atoms with E-state index in [9.17, 15) is 27.6 Å². The van der Waals surface area contributed by atoms with Crippen LogP contribution in [-0.4, -0.2) is 39.2 Å². The Kier molecular flexibility index (Phi) is 8.43. The van der Waals surface area contributed by atoms with Gasteiger partial charge in [-0.15, -0.1) is 11.8 Å². The van der Waals surface area contributed by atoms with E-state index in [1.165, 1.54) is 56.4 Å². The summed E-state index contributed by atoms with van der Waals surface area (Å²) in [6.45, 7) is 6.08. The van der Waals surface area contributed by atoms with Gasteiger partial charge >= 0.3 is 6.18 Å². The van der Waals surface area contributed by atoms with E-state index < -0.39 is 35.4 Å². The molecular weight excluding hydrogens is 589 g/mol. The van der Waals surface area contributed by atoms with Crippen LogP contribution in [0.1, 0.15) is 109 Å². The largest absolute Gasteiger partial charge is 0.449 e. The van der Waals surface area contributed by atoms with Crippen LogP contribution in [-0.2, 0) is 15.8 Å². The van der Waals surface area contributed by atoms with E-state index in [0.717, 1.165) is 50.3 Å². The SMILES string of the molecule is C[C@]12CC3CC(NCCCCCCCSc4cccc5nc(C(F)(F)F)n([C@H]6CCC(=O)NC6=O)c(=O)c45)(C1)C[C@@](C)(C3)C2. The summed E-state index contributed by atoms with van der Waals surface area (Å²) in [5.41, 5.74) is 0.402. The highest BCUT2D eigenvalue weighted by atomic mass is 32.2. The molecule has 5 atom stereocenters. The molecule has 1 aliphatic heterocycles. The predicted molar refractivity (Wildman–Crippen MR) is 164 cm³/mol. The molecule has 5 fully saturated rings. The maximum absolute atomic E-state index is 14.0. The third-order valence-electron chi connectivity index (χ3n) is 10.4. The van der Waals surface area contributed by atoms with Crippen molar-refractivity contribution >= 4 is 34.5 Å². The summed E-state index contributed by atoms with van der Waals surface area (Å²) in [4.78, 5) is 42.0. The molecule has 240 valence electrons. The van der Waals surface area contributed by atoms with Crippen LogP contribution in [0, 0.1) is 16.7 Å². The lowest BCUT2D eigenvalue weighted by Gasteiger charge is -2.65. The lowest BCUT2D eigenvalue weighted by molar-refractivity contribution is -0.150. The van der Waals surface area contributed by atoms with Crippen molar-refractivity contribution in [3.8, 4) is 0 Å². The summed E-state index contributed by atoms with van der Waals surface area (Å²) in [7, 11) is 0. The van der Waals surface area contributed by atoms with Gasteiger partial charge in [-0.25, -0.2) is 4.98 Å². The average molecular weight is 633 g/mol. The topological polar surface area (TPSA) is 93.1 Å². The maximum Gasteiger partial charge on any atom is 0.449 e. The number of carbonyl (C=O) groups is 2. The van der Waals surface area contributed by atoms with Gasteiger partial charge < -0.3 is 5.32 Å². The van der Waals surface area contributed by atoms with Crippen molar-refractivity contribution in [2.45, 2.75) is 120 Å². The van der Waals surface area contributed by atoms with Crippen molar-refractivity contribution in [3.63, 3.8) is 0 Å². The molecule has 11 heteroatoms. The van der Waals surface area contributed by atoms with Crippen molar-refractivity contribution < 1.29 is 22.8 Å². The Morgan fingerprint density at radius 3 is 2.39 bits per heavy atom. The summed E-state index contributed by atoms with van der Waals surface area (Å²) in [6, 6.07) is 3.26. The van der Waals surface area contributed by atoms with Gasteiger partial charge in [0.2, 0.25) is 17.6 Å². The number of nitrogens with zero attached hydrogens (tertiary/aromatic N) is 2. The predicted octanol–water partition coefficient (Wildman–Crippen LogP) is 6.77. The first-order valence-corrected chi connectivity index (χ1v) is 17.1. The molecule has 2 aromatic rings. The number of thioether (sulfide) groups is 1. The number of hydrogen-bond donors (Lipinski definition) is 2. The summed E-state index contributed by atoms with van der Waals surface area (Å²) < 4.78 is 42.4. The molecule has 0 radical (unpaired) electrons. The van der Waals surface area contributed by atoms with Gasteiger partial charge in [0.25, 0.3) is 5.56 Å². The Labute approximate surface area is 260 Å². The molecular formula is C33H43F3N4O3S. The third kappa shape index (κ3) is 6.32. The maximum atomic E-state index is 14.0. The number of alkyl halides is 3. The summed E-state index contributed by atoms with van der Waals surface area (Å²) in [5.74, 6) is -1.31. The molecule has 1 saturated heterocycles. The quantitative estimate of drug-likeness (QED) is 0.161. The number of hydrogen-bond acceptors (Lipinski definition) is 6. The normalized spacial score (nSPS) is 31.6. The van der Waals surface area contributed by atoms with Gasteiger partial charge in [0.15, 0.2) is 0 Å². The molecule has 2 unspecified atom stereocenters. The molecule has 44 heavy (non-hydrogen) atoms. The van der Waals surface area contributed by atoms with E-state index in [2.05, 4.69) is 29.5 Å². The monoisotopic (exact) mass is 632 g/mol. The molecule has 4 saturated carbocycles. The van der Waals surface area contributed by atoms with Gasteiger partial charge in [0.05, 0.1) is 10.9 Å². The Morgan fingerprint density at radius 1 is 1.00 bits per heavy atom. The molecule has 7 nitrogen and oxygen atoms in total. The highest BCUT2D eigenvalue weighted by Gasteiger charge is 2.59. The summed E-state index contributed by atoms with van der Waals surface area (Å²) >= 11 is 1.43. The lowest BCUT2D eigenvalue weighted by atomic mass is 9.43. The highest BCUT2D eigenvalue weighted by molar-refractivity contribution is 7.99. The first-order chi connectivity index (χ1) is 20.8. The molecule has 2 amide bonds. The molecule has 7 rings (SSSR count). The van der Waals surface area contributed by atoms with Crippen LogP contribution in [0.3, 0.4) is 0 Å². The molecule has 2 N–H and O–H groups in total. The first kappa shape index (κ1) is 31.6. The second kappa shape index (κ2) is 11.8. The van der Waals surface area contributed by atoms with Gasteiger partial charge in [-0.3, -0.25) is 24.3 Å². The van der Waals surface area contributed by atoms with Gasteiger partial charge in [-0.1, -0.05) is 39.2 Å². The van der Waals surface area contributed by atoms with Gasteiger partial charge in [-0.2, -0.15) is 13.2 Å². The van der Waals surface area contributed by atoms with E-state index >= 15 is 0 Å². The minimum Gasteiger partial charge on any atom is -0.311 e. The summed E-state index contributed by atoms with van der Waals surface area (Å²) in [5, 5.41) is 6.15. The molecule has 1 aromatic carbocycles. The van der Waals surface area contributed by atoms with E-state index in [1.807, 2.05) is 0 Å². The third-order valence-corrected chi connectivity index (χ3v) is 11.5. The standard InChI is InChI=1S/C33H43F3N4O3S/c1-30-15-21-16-31(2,18-30)20-32(17-21,19-30)37-13-6-4-3-5-7-14-44-24-10-8-9-22-26(24)28(43)40(29(38-22)33(34,35)36)23-11-12-25(41)39-27(23)42/h8-10,21,23,37H,3-7,11-20H2,1-2H3,(H,39,41,42)/t21?,23-,30-,31+,32?/m0/s1.